The highest BCUT2D eigenvalue weighted by molar-refractivity contribution is 7.93. The molecule has 1 aromatic carbocycles. The average molecular weight is 358 g/mol. The van der Waals surface area contributed by atoms with Crippen molar-refractivity contribution in [2.45, 2.75) is 5.25 Å². The van der Waals surface area contributed by atoms with E-state index in [0.29, 0.717) is 5.02 Å². The van der Waals surface area contributed by atoms with Crippen molar-refractivity contribution in [2.24, 2.45) is 0 Å². The normalized spacial score (nSPS) is 19.9. The summed E-state index contributed by atoms with van der Waals surface area (Å²) in [5, 5.41) is -1.01. The maximum atomic E-state index is 12.7. The molecule has 1 atom stereocenters. The fourth-order valence-corrected chi connectivity index (χ4v) is 4.47. The van der Waals surface area contributed by atoms with Gasteiger partial charge in [-0.1, -0.05) is 29.3 Å². The van der Waals surface area contributed by atoms with Crippen LogP contribution in [0.1, 0.15) is 21.3 Å². The number of anilines is 1. The molecule has 0 saturated carbocycles. The van der Waals surface area contributed by atoms with Crippen LogP contribution in [0.15, 0.2) is 30.6 Å². The van der Waals surface area contributed by atoms with Crippen molar-refractivity contribution < 1.29 is 13.2 Å². The van der Waals surface area contributed by atoms with Crippen molar-refractivity contribution in [3.8, 4) is 0 Å². The van der Waals surface area contributed by atoms with Gasteiger partial charge in [-0.25, -0.2) is 18.4 Å². The number of carbonyl (C=O) groups is 1. The van der Waals surface area contributed by atoms with E-state index in [9.17, 15) is 13.2 Å². The lowest BCUT2D eigenvalue weighted by atomic mass is 10.1. The average Bonchev–Trinajstić information content (AvgIpc) is 2.47. The van der Waals surface area contributed by atoms with Crippen LogP contribution in [0.4, 0.5) is 5.82 Å². The molecule has 6 nitrogen and oxygen atoms in total. The van der Waals surface area contributed by atoms with Gasteiger partial charge in [-0.05, 0) is 17.7 Å². The van der Waals surface area contributed by atoms with Crippen LogP contribution in [0.25, 0.3) is 0 Å². The van der Waals surface area contributed by atoms with E-state index >= 15 is 0 Å². The minimum absolute atomic E-state index is 0.00385. The SMILES string of the molecule is CN1c2nccnc2C(=O)C(c2ccc(Cl)cc2Cl)S1(=O)=O. The van der Waals surface area contributed by atoms with E-state index in [-0.39, 0.29) is 22.1 Å². The van der Waals surface area contributed by atoms with Crippen LogP contribution < -0.4 is 4.31 Å². The molecule has 2 aromatic rings. The molecule has 3 rings (SSSR count). The van der Waals surface area contributed by atoms with Crippen molar-refractivity contribution in [1.29, 1.82) is 0 Å². The lowest BCUT2D eigenvalue weighted by Crippen LogP contribution is -2.41. The third-order valence-corrected chi connectivity index (χ3v) is 5.94. The zero-order chi connectivity index (χ0) is 16.1. The molecule has 1 unspecified atom stereocenters. The van der Waals surface area contributed by atoms with Gasteiger partial charge in [-0.15, -0.1) is 0 Å². The number of fused-ring (bicyclic) bond motifs is 1. The standard InChI is InChI=1S/C13H9Cl2N3O3S/c1-18-13-10(16-4-5-17-13)11(19)12(22(18,20)21)8-3-2-7(14)6-9(8)15/h2-6,12H,1H3. The Bertz CT molecular complexity index is 886. The largest absolute Gasteiger partial charge is 0.290 e. The molecule has 114 valence electrons. The van der Waals surface area contributed by atoms with Gasteiger partial charge < -0.3 is 0 Å². The number of nitrogens with zero attached hydrogens (tertiary/aromatic N) is 3. The van der Waals surface area contributed by atoms with E-state index in [2.05, 4.69) is 9.97 Å². The van der Waals surface area contributed by atoms with Gasteiger partial charge in [0.05, 0.1) is 0 Å². The van der Waals surface area contributed by atoms with Crippen molar-refractivity contribution in [1.82, 2.24) is 9.97 Å². The molecule has 1 aromatic heterocycles. The minimum atomic E-state index is -4.00. The smallest absolute Gasteiger partial charge is 0.250 e. The predicted molar refractivity (Wildman–Crippen MR) is 82.9 cm³/mol. The van der Waals surface area contributed by atoms with Gasteiger partial charge in [0.15, 0.2) is 16.8 Å². The zero-order valence-corrected chi connectivity index (χ0v) is 13.5. The maximum Gasteiger partial charge on any atom is 0.250 e. The van der Waals surface area contributed by atoms with Gasteiger partial charge in [-0.2, -0.15) is 0 Å². The molecule has 0 spiro atoms. The van der Waals surface area contributed by atoms with Crippen molar-refractivity contribution in [2.75, 3.05) is 11.4 Å². The van der Waals surface area contributed by atoms with E-state index in [0.717, 1.165) is 4.31 Å². The lowest BCUT2D eigenvalue weighted by molar-refractivity contribution is 0.0980. The number of hydrogen-bond donors (Lipinski definition) is 0. The Balaban J connectivity index is 2.26. The fraction of sp³-hybridized carbons (Fsp3) is 0.154. The van der Waals surface area contributed by atoms with Crippen LogP contribution in [0.2, 0.25) is 10.0 Å². The van der Waals surface area contributed by atoms with E-state index in [1.54, 1.807) is 0 Å². The van der Waals surface area contributed by atoms with Gasteiger partial charge in [-0.3, -0.25) is 9.10 Å². The van der Waals surface area contributed by atoms with Crippen LogP contribution in [0.5, 0.6) is 0 Å². The summed E-state index contributed by atoms with van der Waals surface area (Å²) in [6, 6.07) is 4.31. The molecule has 1 aliphatic rings. The summed E-state index contributed by atoms with van der Waals surface area (Å²) in [5.74, 6) is -0.653. The predicted octanol–water partition coefficient (Wildman–Crippen LogP) is 2.49. The summed E-state index contributed by atoms with van der Waals surface area (Å²) in [5.41, 5.74) is 0.162. The molecule has 0 N–H and O–H groups in total. The highest BCUT2D eigenvalue weighted by Crippen LogP contribution is 2.40. The van der Waals surface area contributed by atoms with E-state index in [4.69, 9.17) is 23.2 Å². The van der Waals surface area contributed by atoms with Crippen LogP contribution in [-0.2, 0) is 10.0 Å². The number of halogens is 2. The number of hydrogen-bond acceptors (Lipinski definition) is 5. The summed E-state index contributed by atoms with van der Waals surface area (Å²) < 4.78 is 26.3. The first-order valence-electron chi connectivity index (χ1n) is 6.12. The quantitative estimate of drug-likeness (QED) is 0.783. The molecule has 0 bridgehead atoms. The number of ketones is 1. The number of rotatable bonds is 1. The van der Waals surface area contributed by atoms with Crippen LogP contribution in [-0.4, -0.2) is 31.2 Å². The first kappa shape index (κ1) is 15.2. The molecule has 0 amide bonds. The minimum Gasteiger partial charge on any atom is -0.290 e. The number of sulfonamides is 1. The van der Waals surface area contributed by atoms with E-state index in [1.807, 2.05) is 0 Å². The molecular weight excluding hydrogens is 349 g/mol. The first-order chi connectivity index (χ1) is 10.3. The number of benzene rings is 1. The van der Waals surface area contributed by atoms with Crippen molar-refractivity contribution in [3.05, 3.63) is 51.9 Å². The van der Waals surface area contributed by atoms with Gasteiger partial charge in [0.2, 0.25) is 5.78 Å². The molecule has 22 heavy (non-hydrogen) atoms. The second-order valence-corrected chi connectivity index (χ2v) is 7.54. The topological polar surface area (TPSA) is 80.2 Å². The monoisotopic (exact) mass is 357 g/mol. The second-order valence-electron chi connectivity index (χ2n) is 4.65. The van der Waals surface area contributed by atoms with Gasteiger partial charge >= 0.3 is 0 Å². The summed E-state index contributed by atoms with van der Waals surface area (Å²) in [6.07, 6.45) is 2.66. The highest BCUT2D eigenvalue weighted by Gasteiger charge is 2.46. The number of aromatic nitrogens is 2. The van der Waals surface area contributed by atoms with Crippen molar-refractivity contribution in [3.63, 3.8) is 0 Å². The Morgan fingerprint density at radius 3 is 2.55 bits per heavy atom. The third-order valence-electron chi connectivity index (χ3n) is 3.37. The Hall–Kier alpha value is -1.70. The summed E-state index contributed by atoms with van der Waals surface area (Å²) in [6.45, 7) is 0. The molecule has 0 saturated heterocycles. The van der Waals surface area contributed by atoms with E-state index < -0.39 is 21.1 Å². The van der Waals surface area contributed by atoms with Crippen LogP contribution >= 0.6 is 23.2 Å². The Morgan fingerprint density at radius 1 is 1.18 bits per heavy atom. The Morgan fingerprint density at radius 2 is 1.86 bits per heavy atom. The number of carbonyl (C=O) groups excluding carboxylic acids is 1. The third kappa shape index (κ3) is 2.16. The molecule has 2 heterocycles. The molecule has 1 aliphatic heterocycles. The summed E-state index contributed by atoms with van der Waals surface area (Å²) >= 11 is 11.9. The Kier molecular flexibility index (Phi) is 3.58. The van der Waals surface area contributed by atoms with Crippen LogP contribution in [0.3, 0.4) is 0 Å². The number of Topliss-reactive ketones (excluding diaryl/α,β-unsaturated/α-hetero) is 1. The molecular formula is C13H9Cl2N3O3S. The van der Waals surface area contributed by atoms with Gasteiger partial charge in [0.25, 0.3) is 10.0 Å². The zero-order valence-electron chi connectivity index (χ0n) is 11.2. The molecule has 0 fully saturated rings. The second kappa shape index (κ2) is 5.19. The molecule has 9 heteroatoms. The summed E-state index contributed by atoms with van der Waals surface area (Å²) in [4.78, 5) is 20.5. The van der Waals surface area contributed by atoms with E-state index in [1.165, 1.54) is 37.6 Å². The molecule has 0 aliphatic carbocycles. The molecule has 0 radical (unpaired) electrons. The summed E-state index contributed by atoms with van der Waals surface area (Å²) in [7, 11) is -2.67. The lowest BCUT2D eigenvalue weighted by Gasteiger charge is -2.30. The maximum absolute atomic E-state index is 12.7. The van der Waals surface area contributed by atoms with Gasteiger partial charge in [0, 0.05) is 29.5 Å². The van der Waals surface area contributed by atoms with Crippen molar-refractivity contribution >= 4 is 44.8 Å². The van der Waals surface area contributed by atoms with Crippen LogP contribution in [0, 0.1) is 0 Å². The van der Waals surface area contributed by atoms with Gasteiger partial charge in [0.1, 0.15) is 0 Å². The Labute approximate surface area is 136 Å². The fourth-order valence-electron chi connectivity index (χ4n) is 2.29. The highest BCUT2D eigenvalue weighted by atomic mass is 35.5. The first-order valence-corrected chi connectivity index (χ1v) is 8.38.